The van der Waals surface area contributed by atoms with Gasteiger partial charge in [0.15, 0.2) is 0 Å². The van der Waals surface area contributed by atoms with E-state index in [-0.39, 0.29) is 0 Å². The molecule has 0 unspecified atom stereocenters. The van der Waals surface area contributed by atoms with E-state index in [2.05, 4.69) is 49.6 Å². The molecule has 82 valence electrons. The first kappa shape index (κ1) is 9.23. The monoisotopic (exact) mass is 218 g/mol. The van der Waals surface area contributed by atoms with Crippen LogP contribution >= 0.6 is 0 Å². The second-order valence-electron chi connectivity index (χ2n) is 5.22. The molecule has 0 spiro atoms. The Kier molecular flexibility index (Phi) is 1.57. The molecular formula is C17H14. The van der Waals surface area contributed by atoms with Crippen LogP contribution in [0.15, 0.2) is 60.7 Å². The second-order valence-corrected chi connectivity index (χ2v) is 5.22. The van der Waals surface area contributed by atoms with Crippen molar-refractivity contribution in [2.24, 2.45) is 0 Å². The lowest BCUT2D eigenvalue weighted by Gasteiger charge is -2.20. The summed E-state index contributed by atoms with van der Waals surface area (Å²) in [6.45, 7) is 8.39. The lowest BCUT2D eigenvalue weighted by atomic mass is 9.84. The largest absolute Gasteiger partial charge is 0.0949 e. The molecule has 0 aromatic heterocycles. The van der Waals surface area contributed by atoms with Crippen molar-refractivity contribution in [3.05, 3.63) is 71.8 Å². The lowest BCUT2D eigenvalue weighted by Crippen LogP contribution is -2.02. The predicted molar refractivity (Wildman–Crippen MR) is 72.3 cm³/mol. The highest BCUT2D eigenvalue weighted by atomic mass is 14.4. The smallest absolute Gasteiger partial charge is 0.00984 e. The van der Waals surface area contributed by atoms with Gasteiger partial charge in [0.2, 0.25) is 0 Å². The molecular weight excluding hydrogens is 204 g/mol. The molecule has 17 heavy (non-hydrogen) atoms. The normalized spacial score (nSPS) is 25.6. The van der Waals surface area contributed by atoms with Crippen molar-refractivity contribution in [3.63, 3.8) is 0 Å². The molecule has 2 aromatic carbocycles. The number of benzene rings is 2. The van der Waals surface area contributed by atoms with Gasteiger partial charge in [-0.15, -0.1) is 0 Å². The zero-order chi connectivity index (χ0) is 11.6. The highest BCUT2D eigenvalue weighted by molar-refractivity contribution is 5.86. The summed E-state index contributed by atoms with van der Waals surface area (Å²) in [5, 5.41) is 2.69. The third-order valence-electron chi connectivity index (χ3n) is 4.43. The summed E-state index contributed by atoms with van der Waals surface area (Å²) < 4.78 is 0. The van der Waals surface area contributed by atoms with E-state index in [9.17, 15) is 0 Å². The number of fused-ring (bicyclic) bond motifs is 6. The van der Waals surface area contributed by atoms with Crippen LogP contribution in [-0.2, 0) is 0 Å². The Balaban J connectivity index is 2.06. The predicted octanol–water partition coefficient (Wildman–Crippen LogP) is 4.54. The molecule has 2 aliphatic rings. The Hall–Kier alpha value is -1.82. The van der Waals surface area contributed by atoms with Gasteiger partial charge in [-0.25, -0.2) is 0 Å². The number of allylic oxidation sites excluding steroid dienone is 2. The fourth-order valence-electron chi connectivity index (χ4n) is 3.48. The van der Waals surface area contributed by atoms with E-state index in [1.165, 1.54) is 39.5 Å². The minimum Gasteiger partial charge on any atom is -0.0949 e. The van der Waals surface area contributed by atoms with Gasteiger partial charge in [-0.05, 0) is 39.5 Å². The summed E-state index contributed by atoms with van der Waals surface area (Å²) >= 11 is 0. The third-order valence-corrected chi connectivity index (χ3v) is 4.43. The van der Waals surface area contributed by atoms with Gasteiger partial charge in [0.25, 0.3) is 0 Å². The molecule has 2 bridgehead atoms. The summed E-state index contributed by atoms with van der Waals surface area (Å²) in [6, 6.07) is 13.3. The molecule has 0 heterocycles. The van der Waals surface area contributed by atoms with E-state index in [0.29, 0.717) is 11.8 Å². The Labute approximate surface area is 101 Å². The van der Waals surface area contributed by atoms with Crippen LogP contribution in [0.2, 0.25) is 0 Å². The van der Waals surface area contributed by atoms with Crippen molar-refractivity contribution in [2.75, 3.05) is 0 Å². The fourth-order valence-corrected chi connectivity index (χ4v) is 3.48. The first-order chi connectivity index (χ1) is 8.25. The standard InChI is InChI=1S/C17H14/c1-10-11(2)15-9-14(10)16-7-12-5-3-4-6-13(12)8-17(15)16/h3-8,14-15H,1-2,9H2/t14-,15+. The molecule has 0 aliphatic heterocycles. The minimum atomic E-state index is 0.534. The maximum Gasteiger partial charge on any atom is 0.00984 e. The van der Waals surface area contributed by atoms with Crippen LogP contribution in [0.3, 0.4) is 0 Å². The molecule has 1 saturated carbocycles. The average Bonchev–Trinajstić information content (AvgIpc) is 2.85. The number of hydrogen-bond acceptors (Lipinski definition) is 0. The highest BCUT2D eigenvalue weighted by Crippen LogP contribution is 2.58. The van der Waals surface area contributed by atoms with Crippen molar-refractivity contribution in [1.82, 2.24) is 0 Å². The summed E-state index contributed by atoms with van der Waals surface area (Å²) in [5.41, 5.74) is 5.51. The van der Waals surface area contributed by atoms with Gasteiger partial charge in [-0.1, -0.05) is 49.6 Å². The molecule has 0 heteroatoms. The van der Waals surface area contributed by atoms with Gasteiger partial charge in [0.1, 0.15) is 0 Å². The first-order valence-electron chi connectivity index (χ1n) is 6.16. The molecule has 0 N–H and O–H groups in total. The maximum absolute atomic E-state index is 4.20. The van der Waals surface area contributed by atoms with Crippen LogP contribution in [-0.4, -0.2) is 0 Å². The van der Waals surface area contributed by atoms with Gasteiger partial charge in [-0.3, -0.25) is 0 Å². The molecule has 0 saturated heterocycles. The topological polar surface area (TPSA) is 0 Å². The average molecular weight is 218 g/mol. The Morgan fingerprint density at radius 3 is 1.76 bits per heavy atom. The number of rotatable bonds is 0. The summed E-state index contributed by atoms with van der Waals surface area (Å²) in [4.78, 5) is 0. The molecule has 0 nitrogen and oxygen atoms in total. The SMILES string of the molecule is C=C1C(=C)[C@@H]2C[C@H]1c1cc3ccccc3cc12. The van der Waals surface area contributed by atoms with Gasteiger partial charge in [0, 0.05) is 11.8 Å². The Morgan fingerprint density at radius 2 is 1.29 bits per heavy atom. The zero-order valence-corrected chi connectivity index (χ0v) is 9.74. The molecule has 0 radical (unpaired) electrons. The summed E-state index contributed by atoms with van der Waals surface area (Å²) in [5.74, 6) is 1.07. The second kappa shape index (κ2) is 2.89. The molecule has 2 atom stereocenters. The summed E-state index contributed by atoms with van der Waals surface area (Å²) in [6.07, 6.45) is 1.20. The third kappa shape index (κ3) is 1.03. The zero-order valence-electron chi connectivity index (χ0n) is 9.74. The van der Waals surface area contributed by atoms with E-state index in [0.717, 1.165) is 0 Å². The van der Waals surface area contributed by atoms with Crippen LogP contribution in [0, 0.1) is 0 Å². The first-order valence-corrected chi connectivity index (χ1v) is 6.16. The summed E-state index contributed by atoms with van der Waals surface area (Å²) in [7, 11) is 0. The van der Waals surface area contributed by atoms with E-state index in [4.69, 9.17) is 0 Å². The van der Waals surface area contributed by atoms with Gasteiger partial charge in [-0.2, -0.15) is 0 Å². The molecule has 2 aliphatic carbocycles. The van der Waals surface area contributed by atoms with Crippen molar-refractivity contribution < 1.29 is 0 Å². The van der Waals surface area contributed by atoms with Gasteiger partial charge < -0.3 is 0 Å². The van der Waals surface area contributed by atoms with Crippen LogP contribution in [0.25, 0.3) is 10.8 Å². The van der Waals surface area contributed by atoms with Crippen molar-refractivity contribution >= 4 is 10.8 Å². The molecule has 1 fully saturated rings. The maximum atomic E-state index is 4.20. The van der Waals surface area contributed by atoms with Crippen LogP contribution in [0.4, 0.5) is 0 Å². The molecule has 0 amide bonds. The fraction of sp³-hybridized carbons (Fsp3) is 0.176. The van der Waals surface area contributed by atoms with E-state index < -0.39 is 0 Å². The molecule has 2 aromatic rings. The van der Waals surface area contributed by atoms with Crippen molar-refractivity contribution in [1.29, 1.82) is 0 Å². The highest BCUT2D eigenvalue weighted by Gasteiger charge is 2.41. The lowest BCUT2D eigenvalue weighted by molar-refractivity contribution is 0.809. The quantitative estimate of drug-likeness (QED) is 0.609. The Morgan fingerprint density at radius 1 is 0.824 bits per heavy atom. The van der Waals surface area contributed by atoms with E-state index in [1.54, 1.807) is 0 Å². The van der Waals surface area contributed by atoms with E-state index in [1.807, 2.05) is 0 Å². The van der Waals surface area contributed by atoms with Crippen molar-refractivity contribution in [3.8, 4) is 0 Å². The van der Waals surface area contributed by atoms with Crippen LogP contribution in [0.5, 0.6) is 0 Å². The Bertz CT molecular complexity index is 617. The number of hydrogen-bond donors (Lipinski definition) is 0. The van der Waals surface area contributed by atoms with Crippen molar-refractivity contribution in [2.45, 2.75) is 18.3 Å². The minimum absolute atomic E-state index is 0.534. The van der Waals surface area contributed by atoms with Gasteiger partial charge >= 0.3 is 0 Å². The molecule has 4 rings (SSSR count). The van der Waals surface area contributed by atoms with Crippen LogP contribution < -0.4 is 0 Å². The van der Waals surface area contributed by atoms with Gasteiger partial charge in [0.05, 0.1) is 0 Å². The van der Waals surface area contributed by atoms with E-state index >= 15 is 0 Å². The van der Waals surface area contributed by atoms with Crippen LogP contribution in [0.1, 0.15) is 29.4 Å².